The summed E-state index contributed by atoms with van der Waals surface area (Å²) in [6.07, 6.45) is 2.59. The van der Waals surface area contributed by atoms with E-state index in [0.717, 1.165) is 30.0 Å². The van der Waals surface area contributed by atoms with Gasteiger partial charge in [-0.3, -0.25) is 4.79 Å². The molecule has 1 saturated heterocycles. The number of carbonyl (C=O) groups is 2. The fraction of sp³-hybridized carbons (Fsp3) is 0.435. The van der Waals surface area contributed by atoms with Gasteiger partial charge in [-0.2, -0.15) is 13.2 Å². The second kappa shape index (κ2) is 10.2. The summed E-state index contributed by atoms with van der Waals surface area (Å²) in [6.45, 7) is 5.19. The summed E-state index contributed by atoms with van der Waals surface area (Å²) in [6, 6.07) is 8.31. The Labute approximate surface area is 201 Å². The summed E-state index contributed by atoms with van der Waals surface area (Å²) in [4.78, 5) is 35.2. The summed E-state index contributed by atoms with van der Waals surface area (Å²) in [5.74, 6) is 0.242. The quantitative estimate of drug-likeness (QED) is 0.306. The highest BCUT2D eigenvalue weighted by atomic mass is 32.2. The molecule has 0 aliphatic carbocycles. The highest BCUT2D eigenvalue weighted by Crippen LogP contribution is 2.38. The van der Waals surface area contributed by atoms with Gasteiger partial charge >= 0.3 is 11.5 Å². The Morgan fingerprint density at radius 1 is 1.12 bits per heavy atom. The molecule has 1 aromatic heterocycles. The van der Waals surface area contributed by atoms with Crippen molar-refractivity contribution in [3.8, 4) is 0 Å². The number of pyridine rings is 1. The highest BCUT2D eigenvalue weighted by molar-refractivity contribution is 8.00. The Morgan fingerprint density at radius 2 is 1.79 bits per heavy atom. The number of carbonyl (C=O) groups excluding carboxylic acids is 2. The van der Waals surface area contributed by atoms with E-state index in [0.29, 0.717) is 5.82 Å². The van der Waals surface area contributed by atoms with Crippen LogP contribution in [0.2, 0.25) is 0 Å². The van der Waals surface area contributed by atoms with E-state index in [1.807, 2.05) is 20.2 Å². The molecule has 1 aliphatic heterocycles. The average molecular weight is 496 g/mol. The third-order valence-electron chi connectivity index (χ3n) is 5.41. The van der Waals surface area contributed by atoms with Crippen LogP contribution >= 0.6 is 11.8 Å². The van der Waals surface area contributed by atoms with Crippen LogP contribution in [-0.2, 0) is 11.3 Å². The molecule has 0 saturated carbocycles. The van der Waals surface area contributed by atoms with Crippen molar-refractivity contribution in [1.82, 2.24) is 14.8 Å². The van der Waals surface area contributed by atoms with Crippen LogP contribution < -0.4 is 10.2 Å². The van der Waals surface area contributed by atoms with Gasteiger partial charge in [-0.1, -0.05) is 0 Å². The van der Waals surface area contributed by atoms with Crippen LogP contribution in [0.1, 0.15) is 25.8 Å². The lowest BCUT2D eigenvalue weighted by atomic mass is 10.0. The number of alkyl halides is 3. The summed E-state index contributed by atoms with van der Waals surface area (Å²) in [5.41, 5.74) is -4.50. The van der Waals surface area contributed by atoms with Crippen molar-refractivity contribution >= 4 is 35.2 Å². The number of hydrogen-bond donors (Lipinski definition) is 1. The van der Waals surface area contributed by atoms with E-state index in [1.165, 1.54) is 29.2 Å². The molecule has 184 valence electrons. The van der Waals surface area contributed by atoms with Crippen LogP contribution in [-0.4, -0.2) is 65.0 Å². The molecule has 11 heteroatoms. The van der Waals surface area contributed by atoms with Gasteiger partial charge in [0, 0.05) is 24.2 Å². The zero-order valence-corrected chi connectivity index (χ0v) is 20.3. The van der Waals surface area contributed by atoms with Gasteiger partial charge in [0.25, 0.3) is 5.91 Å². The molecule has 1 aromatic carbocycles. The van der Waals surface area contributed by atoms with Crippen LogP contribution in [0.25, 0.3) is 0 Å². The summed E-state index contributed by atoms with van der Waals surface area (Å²) in [7, 11) is 4.02. The fourth-order valence-electron chi connectivity index (χ4n) is 3.59. The molecule has 0 atom stereocenters. The Morgan fingerprint density at radius 3 is 2.41 bits per heavy atom. The monoisotopic (exact) mass is 495 g/mol. The molecule has 1 fully saturated rings. The van der Waals surface area contributed by atoms with Crippen molar-refractivity contribution in [2.45, 2.75) is 42.8 Å². The van der Waals surface area contributed by atoms with Gasteiger partial charge < -0.3 is 15.1 Å². The topological polar surface area (TPSA) is 68.8 Å². The lowest BCUT2D eigenvalue weighted by molar-refractivity contribution is -0.123. The first-order chi connectivity index (χ1) is 15.9. The molecule has 0 spiro atoms. The van der Waals surface area contributed by atoms with Crippen LogP contribution in [0.5, 0.6) is 0 Å². The molecule has 0 radical (unpaired) electrons. The minimum Gasteiger partial charge on any atom is -0.370 e. The third kappa shape index (κ3) is 6.20. The van der Waals surface area contributed by atoms with Gasteiger partial charge in [-0.15, -0.1) is 0 Å². The van der Waals surface area contributed by atoms with Crippen molar-refractivity contribution in [3.05, 3.63) is 48.2 Å². The second-order valence-electron chi connectivity index (χ2n) is 8.74. The zero-order valence-electron chi connectivity index (χ0n) is 19.5. The largest absolute Gasteiger partial charge is 0.446 e. The van der Waals surface area contributed by atoms with E-state index in [2.05, 4.69) is 15.2 Å². The van der Waals surface area contributed by atoms with Crippen molar-refractivity contribution < 1.29 is 22.8 Å². The van der Waals surface area contributed by atoms with Crippen LogP contribution in [0, 0.1) is 0 Å². The van der Waals surface area contributed by atoms with E-state index in [4.69, 9.17) is 0 Å². The van der Waals surface area contributed by atoms with Gasteiger partial charge in [0.05, 0.1) is 5.69 Å². The number of halogens is 3. The Balaban J connectivity index is 1.73. The van der Waals surface area contributed by atoms with Crippen molar-refractivity contribution in [1.29, 1.82) is 0 Å². The van der Waals surface area contributed by atoms with Crippen molar-refractivity contribution in [2.24, 2.45) is 0 Å². The molecule has 34 heavy (non-hydrogen) atoms. The number of amides is 3. The molecule has 1 N–H and O–H groups in total. The molecule has 0 bridgehead atoms. The molecule has 3 amide bonds. The van der Waals surface area contributed by atoms with E-state index < -0.39 is 23.0 Å². The molecule has 3 rings (SSSR count). The first-order valence-electron chi connectivity index (χ1n) is 10.7. The standard InChI is InChI=1S/C23H28F3N5O2S/c1-22(2)20(32)31(17-6-8-18(9-7-17)34-23(24,25)26)21(33)30(22)15-16-10-12-28-19(14-16)27-11-5-13-29(3)4/h6-10,12,14H,5,11,13,15H2,1-4H3,(H,27,28). The van der Waals surface area contributed by atoms with Gasteiger partial charge in [-0.05, 0) is 94.6 Å². The Kier molecular flexibility index (Phi) is 7.77. The summed E-state index contributed by atoms with van der Waals surface area (Å²) < 4.78 is 37.8. The number of anilines is 2. The van der Waals surface area contributed by atoms with E-state index in [1.54, 1.807) is 26.1 Å². The van der Waals surface area contributed by atoms with Gasteiger partial charge in [-0.25, -0.2) is 14.7 Å². The van der Waals surface area contributed by atoms with Gasteiger partial charge in [0.15, 0.2) is 0 Å². The number of urea groups is 1. The maximum Gasteiger partial charge on any atom is 0.446 e. The summed E-state index contributed by atoms with van der Waals surface area (Å²) >= 11 is -0.248. The van der Waals surface area contributed by atoms with Crippen molar-refractivity contribution in [2.75, 3.05) is 37.4 Å². The molecule has 2 heterocycles. The fourth-order valence-corrected chi connectivity index (χ4v) is 4.13. The van der Waals surface area contributed by atoms with Gasteiger partial charge in [0.1, 0.15) is 11.4 Å². The number of rotatable bonds is 9. The Hall–Kier alpha value is -2.79. The average Bonchev–Trinajstić information content (AvgIpc) is 2.91. The first-order valence-corrected chi connectivity index (χ1v) is 11.6. The summed E-state index contributed by atoms with van der Waals surface area (Å²) in [5, 5.41) is 3.26. The number of aromatic nitrogens is 1. The minimum absolute atomic E-state index is 0.0196. The number of thioether (sulfide) groups is 1. The lowest BCUT2D eigenvalue weighted by Gasteiger charge is -2.27. The van der Waals surface area contributed by atoms with Crippen LogP contribution in [0.4, 0.5) is 29.5 Å². The second-order valence-corrected chi connectivity index (χ2v) is 9.88. The van der Waals surface area contributed by atoms with E-state index in [9.17, 15) is 22.8 Å². The first kappa shape index (κ1) is 25.8. The van der Waals surface area contributed by atoms with E-state index >= 15 is 0 Å². The number of nitrogens with one attached hydrogen (secondary N) is 1. The third-order valence-corrected chi connectivity index (χ3v) is 6.14. The maximum atomic E-state index is 13.2. The molecular formula is C23H28F3N5O2S. The predicted octanol–water partition coefficient (Wildman–Crippen LogP) is 4.80. The van der Waals surface area contributed by atoms with Crippen LogP contribution in [0.15, 0.2) is 47.5 Å². The number of imide groups is 1. The number of nitrogens with zero attached hydrogens (tertiary/aromatic N) is 4. The van der Waals surface area contributed by atoms with E-state index in [-0.39, 0.29) is 28.9 Å². The predicted molar refractivity (Wildman–Crippen MR) is 127 cm³/mol. The highest BCUT2D eigenvalue weighted by Gasteiger charge is 2.51. The van der Waals surface area contributed by atoms with Crippen LogP contribution in [0.3, 0.4) is 0 Å². The Bertz CT molecular complexity index is 1030. The molecule has 7 nitrogen and oxygen atoms in total. The number of hydrogen-bond acceptors (Lipinski definition) is 6. The molecule has 1 aliphatic rings. The smallest absolute Gasteiger partial charge is 0.370 e. The zero-order chi connectivity index (χ0) is 25.1. The van der Waals surface area contributed by atoms with Gasteiger partial charge in [0.2, 0.25) is 0 Å². The van der Waals surface area contributed by atoms with Crippen molar-refractivity contribution in [3.63, 3.8) is 0 Å². The maximum absolute atomic E-state index is 13.2. The molecular weight excluding hydrogens is 467 g/mol. The molecule has 2 aromatic rings. The lowest BCUT2D eigenvalue weighted by Crippen LogP contribution is -2.43. The minimum atomic E-state index is -4.41. The number of benzene rings is 1. The molecule has 0 unspecified atom stereocenters. The normalized spacial score (nSPS) is 16.0. The SMILES string of the molecule is CN(C)CCCNc1cc(CN2C(=O)N(c3ccc(SC(F)(F)F)cc3)C(=O)C2(C)C)ccn1.